The first-order valence-corrected chi connectivity index (χ1v) is 14.7. The Balaban J connectivity index is 1.75. The molecule has 3 fully saturated rings. The van der Waals surface area contributed by atoms with Gasteiger partial charge in [0, 0.05) is 11.3 Å². The van der Waals surface area contributed by atoms with Crippen LogP contribution in [0, 0.1) is 28.6 Å². The van der Waals surface area contributed by atoms with E-state index in [1.807, 2.05) is 13.8 Å². The average Bonchev–Trinajstić information content (AvgIpc) is 3.10. The van der Waals surface area contributed by atoms with E-state index in [-0.39, 0.29) is 50.2 Å². The minimum atomic E-state index is -2.36. The van der Waals surface area contributed by atoms with Crippen LogP contribution in [-0.4, -0.2) is 82.6 Å². The molecule has 40 heavy (non-hydrogen) atoms. The highest BCUT2D eigenvalue weighted by Gasteiger charge is 2.71. The van der Waals surface area contributed by atoms with Crippen molar-refractivity contribution in [2.24, 2.45) is 28.6 Å². The van der Waals surface area contributed by atoms with Crippen LogP contribution in [0.4, 0.5) is 0 Å². The van der Waals surface area contributed by atoms with Crippen molar-refractivity contribution < 1.29 is 45.0 Å². The third-order valence-electron chi connectivity index (χ3n) is 11.6. The van der Waals surface area contributed by atoms with Gasteiger partial charge in [-0.2, -0.15) is 0 Å². The van der Waals surface area contributed by atoms with Crippen molar-refractivity contribution in [3.63, 3.8) is 0 Å². The number of rotatable bonds is 8. The number of ketones is 3. The number of hydrogen-bond acceptors (Lipinski definition) is 9. The molecule has 4 aliphatic rings. The SMILES string of the molecule is CC(=O)CC(=O)[C@@](O)(CCC(C)(C)O)[C@](C)(O)[C@H]1CC[C@@]2(O)C3=CC(=O)[C@H]4C[C@@H](O)[C@@H](O)C[C@]4(C)[C@H]3CC[C@]12C. The van der Waals surface area contributed by atoms with Gasteiger partial charge < -0.3 is 30.6 Å². The Labute approximate surface area is 236 Å². The highest BCUT2D eigenvalue weighted by molar-refractivity contribution is 6.02. The molecule has 9 nitrogen and oxygen atoms in total. The summed E-state index contributed by atoms with van der Waals surface area (Å²) in [5.41, 5.74) is -8.26. The molecule has 0 aromatic carbocycles. The molecule has 0 saturated heterocycles. The van der Waals surface area contributed by atoms with Gasteiger partial charge in [-0.05, 0) is 108 Å². The van der Waals surface area contributed by atoms with E-state index < -0.39 is 75.3 Å². The number of allylic oxidation sites excluding steroid dienone is 1. The lowest BCUT2D eigenvalue weighted by Crippen LogP contribution is -2.67. The summed E-state index contributed by atoms with van der Waals surface area (Å²) in [5.74, 6) is -2.92. The maximum Gasteiger partial charge on any atom is 0.174 e. The van der Waals surface area contributed by atoms with Gasteiger partial charge >= 0.3 is 0 Å². The molecule has 0 radical (unpaired) electrons. The van der Waals surface area contributed by atoms with Crippen LogP contribution in [0.1, 0.15) is 99.3 Å². The molecule has 0 spiro atoms. The number of carbonyl (C=O) groups is 3. The number of Topliss-reactive ketones (excluding diaryl/α,β-unsaturated/α-hetero) is 2. The standard InChI is InChI=1S/C31H48O9/c1-17(32)13-25(36)31(40,12-11-26(2,3)37)29(6,38)24-8-10-30(39)19-14-21(33)20-15-22(34)23(35)16-27(20,4)18(19)7-9-28(24,30)5/h14,18,20,22-24,34-35,37-40H,7-13,15-16H2,1-6H3/t18-,20+,22+,23-,24-,27+,28+,29+,30+,31-/m0/s1. The van der Waals surface area contributed by atoms with Gasteiger partial charge in [0.05, 0.1) is 29.8 Å². The zero-order valence-corrected chi connectivity index (χ0v) is 24.7. The van der Waals surface area contributed by atoms with Crippen LogP contribution in [0.5, 0.6) is 0 Å². The highest BCUT2D eigenvalue weighted by atomic mass is 16.4. The van der Waals surface area contributed by atoms with Crippen molar-refractivity contribution >= 4 is 17.3 Å². The van der Waals surface area contributed by atoms with Gasteiger partial charge in [0.2, 0.25) is 0 Å². The monoisotopic (exact) mass is 564 g/mol. The number of fused-ring (bicyclic) bond motifs is 5. The molecular weight excluding hydrogens is 516 g/mol. The fraction of sp³-hybridized carbons (Fsp3) is 0.839. The second kappa shape index (κ2) is 9.78. The summed E-state index contributed by atoms with van der Waals surface area (Å²) in [4.78, 5) is 38.7. The molecule has 4 rings (SSSR count). The van der Waals surface area contributed by atoms with Crippen molar-refractivity contribution in [3.8, 4) is 0 Å². The van der Waals surface area contributed by atoms with Crippen LogP contribution in [0.3, 0.4) is 0 Å². The first kappa shape index (κ1) is 31.4. The molecular formula is C31H48O9. The number of aliphatic hydroxyl groups is 6. The van der Waals surface area contributed by atoms with E-state index in [0.717, 1.165) is 0 Å². The molecule has 9 heteroatoms. The third-order valence-corrected chi connectivity index (χ3v) is 11.6. The van der Waals surface area contributed by atoms with Crippen LogP contribution < -0.4 is 0 Å². The summed E-state index contributed by atoms with van der Waals surface area (Å²) in [5, 5.41) is 67.7. The second-order valence-corrected chi connectivity index (χ2v) is 14.7. The van der Waals surface area contributed by atoms with Crippen molar-refractivity contribution in [2.75, 3.05) is 0 Å². The zero-order chi connectivity index (χ0) is 30.3. The maximum atomic E-state index is 13.4. The maximum absolute atomic E-state index is 13.4. The highest BCUT2D eigenvalue weighted by Crippen LogP contribution is 2.69. The van der Waals surface area contributed by atoms with Gasteiger partial charge in [-0.25, -0.2) is 0 Å². The summed E-state index contributed by atoms with van der Waals surface area (Å²) in [6.45, 7) is 9.49. The predicted molar refractivity (Wildman–Crippen MR) is 146 cm³/mol. The molecule has 4 aliphatic carbocycles. The van der Waals surface area contributed by atoms with E-state index in [1.165, 1.54) is 33.8 Å². The topological polar surface area (TPSA) is 173 Å². The lowest BCUT2D eigenvalue weighted by molar-refractivity contribution is -0.213. The summed E-state index contributed by atoms with van der Waals surface area (Å²) in [7, 11) is 0. The Hall–Kier alpha value is -1.49. The molecule has 0 aromatic heterocycles. The number of hydrogen-bond donors (Lipinski definition) is 6. The van der Waals surface area contributed by atoms with E-state index >= 15 is 0 Å². The molecule has 0 bridgehead atoms. The van der Waals surface area contributed by atoms with Crippen LogP contribution in [-0.2, 0) is 14.4 Å². The summed E-state index contributed by atoms with van der Waals surface area (Å²) < 4.78 is 0. The van der Waals surface area contributed by atoms with Gasteiger partial charge in [0.1, 0.15) is 11.4 Å². The van der Waals surface area contributed by atoms with Gasteiger partial charge in [-0.3, -0.25) is 14.4 Å². The van der Waals surface area contributed by atoms with Gasteiger partial charge in [-0.1, -0.05) is 13.8 Å². The Morgan fingerprint density at radius 1 is 0.975 bits per heavy atom. The average molecular weight is 565 g/mol. The zero-order valence-electron chi connectivity index (χ0n) is 24.7. The van der Waals surface area contributed by atoms with E-state index in [0.29, 0.717) is 18.4 Å². The fourth-order valence-electron chi connectivity index (χ4n) is 9.09. The smallest absolute Gasteiger partial charge is 0.174 e. The molecule has 0 aromatic rings. The van der Waals surface area contributed by atoms with Crippen molar-refractivity contribution in [2.45, 2.75) is 134 Å². The van der Waals surface area contributed by atoms with Gasteiger partial charge in [0.25, 0.3) is 0 Å². The molecule has 0 unspecified atom stereocenters. The van der Waals surface area contributed by atoms with E-state index in [9.17, 15) is 45.0 Å². The quantitative estimate of drug-likeness (QED) is 0.240. The summed E-state index contributed by atoms with van der Waals surface area (Å²) >= 11 is 0. The minimum absolute atomic E-state index is 0.00730. The van der Waals surface area contributed by atoms with E-state index in [1.54, 1.807) is 0 Å². The Kier molecular flexibility index (Phi) is 7.69. The van der Waals surface area contributed by atoms with E-state index in [4.69, 9.17) is 0 Å². The van der Waals surface area contributed by atoms with Crippen molar-refractivity contribution in [1.29, 1.82) is 0 Å². The first-order valence-electron chi connectivity index (χ1n) is 14.7. The van der Waals surface area contributed by atoms with Crippen LogP contribution in [0.15, 0.2) is 11.6 Å². The molecule has 3 saturated carbocycles. The number of carbonyl (C=O) groups excluding carboxylic acids is 3. The molecule has 0 heterocycles. The first-order chi connectivity index (χ1) is 18.1. The Morgan fingerprint density at radius 3 is 2.17 bits per heavy atom. The normalized spacial score (nSPS) is 42.5. The summed E-state index contributed by atoms with van der Waals surface area (Å²) in [6, 6.07) is 0. The second-order valence-electron chi connectivity index (χ2n) is 14.7. The van der Waals surface area contributed by atoms with E-state index in [2.05, 4.69) is 0 Å². The Morgan fingerprint density at radius 2 is 1.60 bits per heavy atom. The van der Waals surface area contributed by atoms with Gasteiger partial charge in [0.15, 0.2) is 17.2 Å². The van der Waals surface area contributed by atoms with Crippen LogP contribution in [0.25, 0.3) is 0 Å². The molecule has 226 valence electrons. The van der Waals surface area contributed by atoms with Crippen LogP contribution in [0.2, 0.25) is 0 Å². The van der Waals surface area contributed by atoms with Crippen LogP contribution >= 0.6 is 0 Å². The molecule has 6 N–H and O–H groups in total. The summed E-state index contributed by atoms with van der Waals surface area (Å²) in [6.07, 6.45) is 0.573. The van der Waals surface area contributed by atoms with Crippen molar-refractivity contribution in [1.82, 2.24) is 0 Å². The minimum Gasteiger partial charge on any atom is -0.390 e. The fourth-order valence-corrected chi connectivity index (χ4v) is 9.09. The number of aliphatic hydroxyl groups excluding tert-OH is 2. The molecule has 0 amide bonds. The molecule has 10 atom stereocenters. The van der Waals surface area contributed by atoms with Gasteiger partial charge in [-0.15, -0.1) is 0 Å². The van der Waals surface area contributed by atoms with Crippen molar-refractivity contribution in [3.05, 3.63) is 11.6 Å². The Bertz CT molecular complexity index is 1100. The third kappa shape index (κ3) is 4.56. The predicted octanol–water partition coefficient (Wildman–Crippen LogP) is 1.77. The lowest BCUT2D eigenvalue weighted by Gasteiger charge is -2.61. The molecule has 0 aliphatic heterocycles. The lowest BCUT2D eigenvalue weighted by atomic mass is 9.45. The largest absolute Gasteiger partial charge is 0.390 e.